The van der Waals surface area contributed by atoms with Crippen LogP contribution in [0.25, 0.3) is 33.4 Å². The lowest BCUT2D eigenvalue weighted by atomic mass is 9.97. The van der Waals surface area contributed by atoms with E-state index < -0.39 is 18.4 Å². The van der Waals surface area contributed by atoms with Crippen LogP contribution in [0.3, 0.4) is 0 Å². The minimum absolute atomic E-state index is 0.207. The Hall–Kier alpha value is -4.05. The van der Waals surface area contributed by atoms with Gasteiger partial charge in [-0.3, -0.25) is 5.73 Å². The number of anilines is 1. The Balaban J connectivity index is 1.75. The summed E-state index contributed by atoms with van der Waals surface area (Å²) < 4.78 is 41.6. The zero-order valence-electron chi connectivity index (χ0n) is 17.3. The number of alkyl halides is 3. The Kier molecular flexibility index (Phi) is 5.93. The van der Waals surface area contributed by atoms with Crippen molar-refractivity contribution in [3.8, 4) is 22.4 Å². The molecule has 4 rings (SSSR count). The molecular formula is C23H18F3N5O2. The number of nitrogens with one attached hydrogen (secondary N) is 1. The highest BCUT2D eigenvalue weighted by Crippen LogP contribution is 2.33. The number of benzene rings is 2. The van der Waals surface area contributed by atoms with E-state index in [1.54, 1.807) is 25.4 Å². The first-order valence-electron chi connectivity index (χ1n) is 9.81. The van der Waals surface area contributed by atoms with Crippen molar-refractivity contribution in [3.63, 3.8) is 0 Å². The fourth-order valence-corrected chi connectivity index (χ4v) is 3.22. The fraction of sp³-hybridized carbons (Fsp3) is 0.130. The van der Waals surface area contributed by atoms with Crippen molar-refractivity contribution >= 4 is 23.0 Å². The molecular weight excluding hydrogens is 435 g/mol. The van der Waals surface area contributed by atoms with Crippen molar-refractivity contribution in [3.05, 3.63) is 72.4 Å². The average Bonchev–Trinajstić information content (AvgIpc) is 2.82. The van der Waals surface area contributed by atoms with Gasteiger partial charge in [-0.2, -0.15) is 18.2 Å². The summed E-state index contributed by atoms with van der Waals surface area (Å²) in [6, 6.07) is 17.8. The van der Waals surface area contributed by atoms with Crippen molar-refractivity contribution in [2.24, 2.45) is 5.73 Å². The number of fused-ring (bicyclic) bond motifs is 1. The van der Waals surface area contributed by atoms with Gasteiger partial charge in [0, 0.05) is 35.3 Å². The monoisotopic (exact) mass is 453 g/mol. The number of hydrogen-bond donors (Lipinski definition) is 2. The van der Waals surface area contributed by atoms with Crippen LogP contribution in [-0.4, -0.2) is 34.1 Å². The molecule has 4 aromatic rings. The van der Waals surface area contributed by atoms with Crippen molar-refractivity contribution in [1.29, 1.82) is 0 Å². The molecule has 0 bridgehead atoms. The summed E-state index contributed by atoms with van der Waals surface area (Å²) in [5.74, 6) is -1.93. The van der Waals surface area contributed by atoms with Crippen LogP contribution in [0.15, 0.2) is 66.9 Å². The van der Waals surface area contributed by atoms with E-state index in [4.69, 9.17) is 10.7 Å². The van der Waals surface area contributed by atoms with Gasteiger partial charge >= 0.3 is 12.1 Å². The van der Waals surface area contributed by atoms with E-state index in [2.05, 4.69) is 20.0 Å². The number of nitrogens with two attached hydrogens (primary N) is 1. The van der Waals surface area contributed by atoms with Crippen LogP contribution in [0.5, 0.6) is 0 Å². The summed E-state index contributed by atoms with van der Waals surface area (Å²) in [6.07, 6.45) is -5.00. The van der Waals surface area contributed by atoms with Gasteiger partial charge in [-0.15, -0.1) is 0 Å². The second-order valence-corrected chi connectivity index (χ2v) is 7.05. The molecule has 2 aromatic carbocycles. The lowest BCUT2D eigenvalue weighted by Crippen LogP contribution is -2.29. The van der Waals surface area contributed by atoms with Gasteiger partial charge in [-0.25, -0.2) is 14.8 Å². The van der Waals surface area contributed by atoms with E-state index in [-0.39, 0.29) is 5.56 Å². The van der Waals surface area contributed by atoms with Gasteiger partial charge in [0.2, 0.25) is 5.95 Å². The molecule has 0 saturated heterocycles. The number of carbonyl (C=O) groups excluding carboxylic acids is 1. The number of ether oxygens (including phenoxy) is 1. The molecule has 0 aliphatic carbocycles. The summed E-state index contributed by atoms with van der Waals surface area (Å²) in [6.45, 7) is 0. The van der Waals surface area contributed by atoms with Crippen LogP contribution >= 0.6 is 0 Å². The minimum Gasteiger partial charge on any atom is -0.436 e. The maximum Gasteiger partial charge on any atom is 0.490 e. The Morgan fingerprint density at radius 3 is 2.36 bits per heavy atom. The number of esters is 1. The van der Waals surface area contributed by atoms with Crippen LogP contribution in [-0.2, 0) is 9.53 Å². The van der Waals surface area contributed by atoms with E-state index in [0.29, 0.717) is 22.9 Å². The fourth-order valence-electron chi connectivity index (χ4n) is 3.22. The molecule has 1 atom stereocenters. The largest absolute Gasteiger partial charge is 0.490 e. The molecule has 0 aliphatic heterocycles. The highest BCUT2D eigenvalue weighted by molar-refractivity contribution is 5.90. The summed E-state index contributed by atoms with van der Waals surface area (Å²) in [5.41, 5.74) is 9.34. The molecule has 2 heterocycles. The lowest BCUT2D eigenvalue weighted by molar-refractivity contribution is -0.205. The van der Waals surface area contributed by atoms with E-state index in [1.807, 2.05) is 36.4 Å². The molecule has 0 radical (unpaired) electrons. The third-order valence-corrected chi connectivity index (χ3v) is 4.86. The van der Waals surface area contributed by atoms with Crippen LogP contribution in [0.1, 0.15) is 11.8 Å². The Morgan fingerprint density at radius 2 is 1.73 bits per heavy atom. The Bertz CT molecular complexity index is 1300. The Morgan fingerprint density at radius 1 is 1.03 bits per heavy atom. The summed E-state index contributed by atoms with van der Waals surface area (Å²) in [4.78, 5) is 24.4. The third-order valence-electron chi connectivity index (χ3n) is 4.86. The van der Waals surface area contributed by atoms with E-state index in [1.165, 1.54) is 12.1 Å². The average molecular weight is 453 g/mol. The number of hydrogen-bond acceptors (Lipinski definition) is 7. The normalized spacial score (nSPS) is 12.4. The zero-order valence-corrected chi connectivity index (χ0v) is 17.3. The smallest absolute Gasteiger partial charge is 0.436 e. The first-order chi connectivity index (χ1) is 15.8. The highest BCUT2D eigenvalue weighted by Gasteiger charge is 2.42. The number of halogens is 3. The van der Waals surface area contributed by atoms with Gasteiger partial charge in [-0.05, 0) is 11.6 Å². The molecule has 0 fully saturated rings. The van der Waals surface area contributed by atoms with Crippen molar-refractivity contribution in [2.75, 3.05) is 12.4 Å². The van der Waals surface area contributed by atoms with Gasteiger partial charge in [-0.1, -0.05) is 54.6 Å². The number of carbonyl (C=O) groups is 1. The second-order valence-electron chi connectivity index (χ2n) is 7.05. The van der Waals surface area contributed by atoms with Crippen molar-refractivity contribution in [2.45, 2.75) is 12.4 Å². The maximum absolute atomic E-state index is 12.4. The zero-order chi connectivity index (χ0) is 23.6. The molecule has 168 valence electrons. The molecule has 7 nitrogen and oxygen atoms in total. The standard InChI is InChI=1S/C23H18F3N5O2/c1-28-22-29-12-16-11-17(13-5-3-2-4-6-13)18(30-20(16)31-22)14-7-9-15(10-8-14)19(27)33-21(32)23(24,25)26/h2-12,19H,27H2,1H3,(H,28,29,30,31). The van der Waals surface area contributed by atoms with Gasteiger partial charge < -0.3 is 10.1 Å². The number of aromatic nitrogens is 3. The summed E-state index contributed by atoms with van der Waals surface area (Å²) >= 11 is 0. The molecule has 0 spiro atoms. The quantitative estimate of drug-likeness (QED) is 0.340. The molecule has 0 amide bonds. The number of rotatable bonds is 5. The maximum atomic E-state index is 12.4. The Labute approximate surface area is 186 Å². The van der Waals surface area contributed by atoms with Gasteiger partial charge in [0.1, 0.15) is 0 Å². The predicted molar refractivity (Wildman–Crippen MR) is 117 cm³/mol. The van der Waals surface area contributed by atoms with Gasteiger partial charge in [0.25, 0.3) is 0 Å². The molecule has 2 aromatic heterocycles. The van der Waals surface area contributed by atoms with E-state index in [9.17, 15) is 18.0 Å². The molecule has 33 heavy (non-hydrogen) atoms. The van der Waals surface area contributed by atoms with Crippen LogP contribution in [0, 0.1) is 0 Å². The van der Waals surface area contributed by atoms with Gasteiger partial charge in [0.15, 0.2) is 11.9 Å². The topological polar surface area (TPSA) is 103 Å². The molecule has 1 unspecified atom stereocenters. The summed E-state index contributed by atoms with van der Waals surface area (Å²) in [7, 11) is 1.70. The summed E-state index contributed by atoms with van der Waals surface area (Å²) in [5, 5.41) is 3.62. The van der Waals surface area contributed by atoms with Crippen LogP contribution in [0.4, 0.5) is 19.1 Å². The number of pyridine rings is 1. The highest BCUT2D eigenvalue weighted by atomic mass is 19.4. The molecule has 0 saturated carbocycles. The third kappa shape index (κ3) is 4.75. The first kappa shape index (κ1) is 22.2. The molecule has 3 N–H and O–H groups in total. The van der Waals surface area contributed by atoms with E-state index in [0.717, 1.165) is 16.5 Å². The molecule has 10 heteroatoms. The van der Waals surface area contributed by atoms with E-state index >= 15 is 0 Å². The number of nitrogens with zero attached hydrogens (tertiary/aromatic N) is 3. The SMILES string of the molecule is CNc1ncc2cc(-c3ccccc3)c(-c3ccc(C(N)OC(=O)C(F)(F)F)cc3)nc2n1. The van der Waals surface area contributed by atoms with Gasteiger partial charge in [0.05, 0.1) is 5.69 Å². The van der Waals surface area contributed by atoms with Crippen LogP contribution < -0.4 is 11.1 Å². The minimum atomic E-state index is -5.12. The predicted octanol–water partition coefficient (Wildman–Crippen LogP) is 4.46. The van der Waals surface area contributed by atoms with Crippen molar-refractivity contribution in [1.82, 2.24) is 15.0 Å². The molecule has 0 aliphatic rings. The lowest BCUT2D eigenvalue weighted by Gasteiger charge is -2.16. The second kappa shape index (κ2) is 8.83. The van der Waals surface area contributed by atoms with Crippen LogP contribution in [0.2, 0.25) is 0 Å². The first-order valence-corrected chi connectivity index (χ1v) is 9.81. The van der Waals surface area contributed by atoms with Crippen molar-refractivity contribution < 1.29 is 22.7 Å².